The molecule has 1 atom stereocenters. The summed E-state index contributed by atoms with van der Waals surface area (Å²) >= 11 is 0. The second kappa shape index (κ2) is 58.1. The van der Waals surface area contributed by atoms with Gasteiger partial charge < -0.3 is 14.2 Å². The Morgan fingerprint density at radius 2 is 0.662 bits per heavy atom. The van der Waals surface area contributed by atoms with Crippen molar-refractivity contribution in [3.8, 4) is 0 Å². The molecule has 0 bridgehead atoms. The first-order valence-electron chi connectivity index (χ1n) is 28.8. The Hall–Kier alpha value is -3.18. The summed E-state index contributed by atoms with van der Waals surface area (Å²) in [4.78, 5) is 25.5. The van der Waals surface area contributed by atoms with Gasteiger partial charge >= 0.3 is 11.9 Å². The molecule has 0 saturated heterocycles. The molecule has 68 heavy (non-hydrogen) atoms. The fraction of sp³-hybridized carbons (Fsp3) is 0.714. The van der Waals surface area contributed by atoms with Crippen molar-refractivity contribution in [2.45, 2.75) is 271 Å². The van der Waals surface area contributed by atoms with Crippen LogP contribution in [-0.4, -0.2) is 37.9 Å². The van der Waals surface area contributed by atoms with Gasteiger partial charge in [-0.25, -0.2) is 0 Å². The van der Waals surface area contributed by atoms with E-state index in [0.717, 1.165) is 89.9 Å². The molecular weight excluding hydrogens is 837 g/mol. The van der Waals surface area contributed by atoms with Crippen LogP contribution in [0.25, 0.3) is 0 Å². The minimum Gasteiger partial charge on any atom is -0.462 e. The van der Waals surface area contributed by atoms with Gasteiger partial charge in [-0.3, -0.25) is 9.59 Å². The third-order valence-corrected chi connectivity index (χ3v) is 12.1. The van der Waals surface area contributed by atoms with E-state index in [1.165, 1.54) is 141 Å². The minimum absolute atomic E-state index is 0.0558. The van der Waals surface area contributed by atoms with Gasteiger partial charge in [0.25, 0.3) is 0 Å². The number of carbonyl (C=O) groups excluding carboxylic acids is 2. The molecule has 0 rings (SSSR count). The third kappa shape index (κ3) is 55.4. The first kappa shape index (κ1) is 64.8. The summed E-state index contributed by atoms with van der Waals surface area (Å²) in [7, 11) is 0. The van der Waals surface area contributed by atoms with Crippen molar-refractivity contribution >= 4 is 11.9 Å². The molecule has 0 spiro atoms. The molecule has 390 valence electrons. The molecule has 0 aliphatic heterocycles. The second-order valence-electron chi connectivity index (χ2n) is 18.8. The number of carbonyl (C=O) groups is 2. The van der Waals surface area contributed by atoms with Crippen molar-refractivity contribution in [1.29, 1.82) is 0 Å². The van der Waals surface area contributed by atoms with Crippen LogP contribution in [0.15, 0.2) is 97.2 Å². The van der Waals surface area contributed by atoms with Crippen LogP contribution < -0.4 is 0 Å². The Morgan fingerprint density at radius 1 is 0.338 bits per heavy atom. The topological polar surface area (TPSA) is 61.8 Å². The molecule has 0 N–H and O–H groups in total. The molecule has 0 radical (unpaired) electrons. The Morgan fingerprint density at radius 3 is 1.06 bits per heavy atom. The van der Waals surface area contributed by atoms with Gasteiger partial charge in [0.2, 0.25) is 0 Å². The summed E-state index contributed by atoms with van der Waals surface area (Å²) in [6.45, 7) is 7.54. The fourth-order valence-corrected chi connectivity index (χ4v) is 7.81. The first-order chi connectivity index (χ1) is 33.6. The Balaban J connectivity index is 4.33. The molecule has 0 aliphatic carbocycles. The maximum atomic E-state index is 12.9. The molecule has 0 aliphatic rings. The van der Waals surface area contributed by atoms with Crippen molar-refractivity contribution in [3.05, 3.63) is 97.2 Å². The average molecular weight is 946 g/mol. The van der Waals surface area contributed by atoms with E-state index < -0.39 is 6.10 Å². The molecule has 5 nitrogen and oxygen atoms in total. The number of esters is 2. The molecule has 1 unspecified atom stereocenters. The van der Waals surface area contributed by atoms with E-state index in [2.05, 4.69) is 118 Å². The van der Waals surface area contributed by atoms with Crippen molar-refractivity contribution < 1.29 is 23.8 Å². The van der Waals surface area contributed by atoms with Crippen LogP contribution in [0.4, 0.5) is 0 Å². The maximum absolute atomic E-state index is 12.9. The van der Waals surface area contributed by atoms with E-state index in [9.17, 15) is 9.59 Å². The standard InChI is InChI=1S/C63H108O5/c1-4-7-10-13-16-19-22-25-28-30-32-34-36-38-41-44-47-50-53-56-62(64)67-60-61(59-66-58-55-52-49-46-43-40-27-24-21-18-15-12-9-6-3)68-63(65)57-54-51-48-45-42-39-37-35-33-31-29-26-23-20-17-14-11-8-5-2/h9,12,16-21,25-29,40,46,49,61H,4-8,10-11,13-15,22-24,30-39,41-45,47-48,50-60H2,1-3H3/b12-9-,19-16-,20-17-,21-18-,28-25-,29-26-,40-27-,49-46-. The Labute approximate surface area is 422 Å². The van der Waals surface area contributed by atoms with Gasteiger partial charge in [0.05, 0.1) is 6.61 Å². The molecule has 0 amide bonds. The van der Waals surface area contributed by atoms with E-state index >= 15 is 0 Å². The normalized spacial score (nSPS) is 12.9. The number of ether oxygens (including phenoxy) is 3. The quantitative estimate of drug-likeness (QED) is 0.0345. The molecule has 5 heteroatoms. The smallest absolute Gasteiger partial charge is 0.306 e. The van der Waals surface area contributed by atoms with E-state index in [1.54, 1.807) is 0 Å². The highest BCUT2D eigenvalue weighted by Gasteiger charge is 2.17. The van der Waals surface area contributed by atoms with Crippen LogP contribution in [0.1, 0.15) is 265 Å². The molecule has 0 aromatic carbocycles. The van der Waals surface area contributed by atoms with Gasteiger partial charge in [0.15, 0.2) is 6.10 Å². The second-order valence-corrected chi connectivity index (χ2v) is 18.8. The van der Waals surface area contributed by atoms with Gasteiger partial charge in [-0.1, -0.05) is 234 Å². The van der Waals surface area contributed by atoms with Gasteiger partial charge in [0.1, 0.15) is 6.61 Å². The van der Waals surface area contributed by atoms with Crippen LogP contribution in [0.2, 0.25) is 0 Å². The number of hydrogen-bond acceptors (Lipinski definition) is 5. The minimum atomic E-state index is -0.574. The van der Waals surface area contributed by atoms with Crippen molar-refractivity contribution in [3.63, 3.8) is 0 Å². The average Bonchev–Trinajstić information content (AvgIpc) is 3.34. The number of rotatable bonds is 52. The Bertz CT molecular complexity index is 1300. The van der Waals surface area contributed by atoms with E-state index in [0.29, 0.717) is 19.4 Å². The zero-order valence-electron chi connectivity index (χ0n) is 44.8. The summed E-state index contributed by atoms with van der Waals surface area (Å²) in [5, 5.41) is 0. The van der Waals surface area contributed by atoms with Crippen LogP contribution in [-0.2, 0) is 23.8 Å². The lowest BCUT2D eigenvalue weighted by Gasteiger charge is -2.18. The highest BCUT2D eigenvalue weighted by molar-refractivity contribution is 5.70. The van der Waals surface area contributed by atoms with Crippen molar-refractivity contribution in [2.24, 2.45) is 0 Å². The fourth-order valence-electron chi connectivity index (χ4n) is 7.81. The van der Waals surface area contributed by atoms with Gasteiger partial charge in [-0.05, 0) is 116 Å². The van der Waals surface area contributed by atoms with E-state index in [1.807, 2.05) is 0 Å². The summed E-state index contributed by atoms with van der Waals surface area (Å²) in [5.41, 5.74) is 0. The predicted molar refractivity (Wildman–Crippen MR) is 297 cm³/mol. The summed E-state index contributed by atoms with van der Waals surface area (Å²) in [5.74, 6) is -0.435. The molecule has 0 aromatic rings. The lowest BCUT2D eigenvalue weighted by atomic mass is 10.1. The molecule has 0 aromatic heterocycles. The highest BCUT2D eigenvalue weighted by atomic mass is 16.6. The van der Waals surface area contributed by atoms with E-state index in [-0.39, 0.29) is 25.2 Å². The zero-order chi connectivity index (χ0) is 49.2. The van der Waals surface area contributed by atoms with Crippen LogP contribution in [0.3, 0.4) is 0 Å². The SMILES string of the molecule is CC/C=C\C/C=C\C/C=C\C/C=C\CCCOCC(COC(=O)CCCCCCCCCCC/C=C\C/C=C\CCCCC)OC(=O)CCCCCCCCCCC/C=C\C/C=C\CCCCC. The monoisotopic (exact) mass is 945 g/mol. The molecule has 0 heterocycles. The van der Waals surface area contributed by atoms with Crippen LogP contribution in [0.5, 0.6) is 0 Å². The number of allylic oxidation sites excluding steroid dienone is 16. The predicted octanol–water partition coefficient (Wildman–Crippen LogP) is 19.8. The van der Waals surface area contributed by atoms with Crippen LogP contribution >= 0.6 is 0 Å². The number of hydrogen-bond donors (Lipinski definition) is 0. The molecular formula is C63H108O5. The highest BCUT2D eigenvalue weighted by Crippen LogP contribution is 2.15. The molecule has 0 fully saturated rings. The summed E-state index contributed by atoms with van der Waals surface area (Å²) in [6.07, 6.45) is 78.6. The lowest BCUT2D eigenvalue weighted by molar-refractivity contribution is -0.163. The molecule has 0 saturated carbocycles. The van der Waals surface area contributed by atoms with Gasteiger partial charge in [-0.2, -0.15) is 0 Å². The van der Waals surface area contributed by atoms with Crippen molar-refractivity contribution in [1.82, 2.24) is 0 Å². The largest absolute Gasteiger partial charge is 0.462 e. The summed E-state index contributed by atoms with van der Waals surface area (Å²) in [6, 6.07) is 0. The van der Waals surface area contributed by atoms with Crippen molar-refractivity contribution in [2.75, 3.05) is 19.8 Å². The van der Waals surface area contributed by atoms with Gasteiger partial charge in [-0.15, -0.1) is 0 Å². The first-order valence-corrected chi connectivity index (χ1v) is 28.8. The van der Waals surface area contributed by atoms with Gasteiger partial charge in [0, 0.05) is 19.4 Å². The zero-order valence-corrected chi connectivity index (χ0v) is 44.8. The van der Waals surface area contributed by atoms with Crippen LogP contribution in [0, 0.1) is 0 Å². The third-order valence-electron chi connectivity index (χ3n) is 12.1. The summed E-state index contributed by atoms with van der Waals surface area (Å²) < 4.78 is 17.4. The van der Waals surface area contributed by atoms with E-state index in [4.69, 9.17) is 14.2 Å². The number of unbranched alkanes of at least 4 members (excludes halogenated alkanes) is 25. The maximum Gasteiger partial charge on any atom is 0.306 e. The Kier molecular flexibility index (Phi) is 55.4. The lowest BCUT2D eigenvalue weighted by Crippen LogP contribution is -2.30.